The second kappa shape index (κ2) is 61.9. The SMILES string of the molecule is CC/C=C\C/C=C\C/C=C\C/C=C\C/C=C\C/C=C\C/C=C\C/C=C\C/C=C\C/C=C\C/C=C\CCCCCCCC(=O)NC(COP(=O)(O)OCC[N+](C)(C)C)C(O)/C=C/CCCCCCCCCCCCCCCCCCCCC. The molecule has 0 spiro atoms. The molecule has 0 bridgehead atoms. The number of hydrogen-bond donors (Lipinski definition) is 3. The minimum atomic E-state index is -4.37. The molecule has 0 rings (SSSR count). The van der Waals surface area contributed by atoms with E-state index < -0.39 is 20.0 Å². The van der Waals surface area contributed by atoms with Crippen LogP contribution in [0, 0.1) is 0 Å². The molecule has 0 aliphatic rings. The van der Waals surface area contributed by atoms with Gasteiger partial charge in [-0.2, -0.15) is 0 Å². The zero-order valence-electron chi connectivity index (χ0n) is 53.4. The van der Waals surface area contributed by atoms with Crippen LogP contribution in [0.4, 0.5) is 0 Å². The van der Waals surface area contributed by atoms with Gasteiger partial charge in [0, 0.05) is 6.42 Å². The van der Waals surface area contributed by atoms with Crippen LogP contribution in [0.1, 0.15) is 258 Å². The van der Waals surface area contributed by atoms with Crippen molar-refractivity contribution < 1.29 is 32.9 Å². The number of phosphoric acid groups is 1. The molecule has 0 saturated carbocycles. The van der Waals surface area contributed by atoms with Crippen LogP contribution in [0.15, 0.2) is 146 Å². The van der Waals surface area contributed by atoms with Crippen LogP contribution in [-0.4, -0.2) is 73.4 Å². The fourth-order valence-corrected chi connectivity index (χ4v) is 9.67. The Bertz CT molecular complexity index is 1840. The van der Waals surface area contributed by atoms with Gasteiger partial charge in [0.15, 0.2) is 0 Å². The fourth-order valence-electron chi connectivity index (χ4n) is 8.93. The van der Waals surface area contributed by atoms with E-state index in [-0.39, 0.29) is 19.1 Å². The number of likely N-dealkylation sites (N-methyl/N-ethyl adjacent to an activating group) is 1. The molecule has 8 nitrogen and oxygen atoms in total. The first-order chi connectivity index (χ1) is 40.0. The first kappa shape index (κ1) is 78.4. The van der Waals surface area contributed by atoms with Gasteiger partial charge in [-0.25, -0.2) is 4.57 Å². The summed E-state index contributed by atoms with van der Waals surface area (Å²) < 4.78 is 23.8. The maximum Gasteiger partial charge on any atom is 0.472 e. The number of nitrogens with zero attached hydrogens (tertiary/aromatic N) is 1. The quantitative estimate of drug-likeness (QED) is 0.0243. The number of allylic oxidation sites excluding steroid dienone is 23. The Morgan fingerprint density at radius 1 is 0.427 bits per heavy atom. The van der Waals surface area contributed by atoms with E-state index in [1.165, 1.54) is 109 Å². The smallest absolute Gasteiger partial charge is 0.387 e. The summed E-state index contributed by atoms with van der Waals surface area (Å²) in [6.07, 6.45) is 95.4. The fraction of sp³-hybridized carbons (Fsp3) is 0.658. The molecular weight excluding hydrogens is 1030 g/mol. The van der Waals surface area contributed by atoms with Gasteiger partial charge in [-0.05, 0) is 103 Å². The Kier molecular flexibility index (Phi) is 59.2. The lowest BCUT2D eigenvalue weighted by Crippen LogP contribution is -2.45. The summed E-state index contributed by atoms with van der Waals surface area (Å²) in [7, 11) is 1.54. The van der Waals surface area contributed by atoms with Gasteiger partial charge in [0.05, 0.1) is 39.9 Å². The van der Waals surface area contributed by atoms with Gasteiger partial charge in [0.2, 0.25) is 5.91 Å². The number of aliphatic hydroxyl groups excluding tert-OH is 1. The monoisotopic (exact) mass is 1160 g/mol. The van der Waals surface area contributed by atoms with Crippen molar-refractivity contribution in [1.82, 2.24) is 5.32 Å². The van der Waals surface area contributed by atoms with Crippen molar-refractivity contribution >= 4 is 13.7 Å². The molecule has 0 aliphatic heterocycles. The molecule has 3 unspecified atom stereocenters. The zero-order valence-corrected chi connectivity index (χ0v) is 54.3. The predicted molar refractivity (Wildman–Crippen MR) is 359 cm³/mol. The molecule has 0 aromatic carbocycles. The van der Waals surface area contributed by atoms with Crippen molar-refractivity contribution in [3.63, 3.8) is 0 Å². The van der Waals surface area contributed by atoms with Crippen LogP contribution in [0.2, 0.25) is 0 Å². The highest BCUT2D eigenvalue weighted by Crippen LogP contribution is 2.43. The third kappa shape index (κ3) is 64.0. The molecule has 0 heterocycles. The lowest BCUT2D eigenvalue weighted by Gasteiger charge is -2.25. The average Bonchev–Trinajstić information content (AvgIpc) is 3.46. The summed E-state index contributed by atoms with van der Waals surface area (Å²) >= 11 is 0. The lowest BCUT2D eigenvalue weighted by molar-refractivity contribution is -0.870. The highest BCUT2D eigenvalue weighted by atomic mass is 31.2. The van der Waals surface area contributed by atoms with E-state index >= 15 is 0 Å². The molecule has 0 aliphatic carbocycles. The second-order valence-corrected chi connectivity index (χ2v) is 24.6. The molecule has 0 aromatic heterocycles. The normalized spacial score (nSPS) is 14.7. The maximum absolute atomic E-state index is 13.0. The topological polar surface area (TPSA) is 105 Å². The molecule has 3 atom stereocenters. The first-order valence-corrected chi connectivity index (χ1v) is 34.7. The lowest BCUT2D eigenvalue weighted by atomic mass is 10.0. The number of amides is 1. The van der Waals surface area contributed by atoms with Gasteiger partial charge in [-0.1, -0.05) is 295 Å². The van der Waals surface area contributed by atoms with Gasteiger partial charge in [-0.15, -0.1) is 0 Å². The number of carbonyl (C=O) groups excluding carboxylic acids is 1. The molecule has 82 heavy (non-hydrogen) atoms. The standard InChI is InChI=1S/C73H125N2O6P/c1-6-8-10-12-14-16-18-20-22-24-26-28-29-30-31-32-33-34-35-36-37-38-39-40-41-42-43-44-45-47-49-51-53-55-57-59-61-63-65-67-73(77)74-71(70-81-82(78,79)80-69-68-75(3,4)5)72(76)66-64-62-60-58-56-54-52-50-48-46-27-25-23-21-19-17-15-13-11-9-7-2/h8,10,14,16,20,22,26,28,30-31,33-34,36-37,39-40,42-43,45,47,51,53,64,66,71-72,76H,6-7,9,11-13,15,17-19,21,23-25,27,29,32,35,38,41,44,46,48-50,52,54-63,65,67-70H2,1-5H3,(H-,74,77,78,79)/p+1/b10-8-,16-14-,22-20-,28-26-,31-30-,34-33-,37-36-,40-39-,43-42-,47-45-,53-51-,66-64+. The maximum atomic E-state index is 13.0. The van der Waals surface area contributed by atoms with E-state index in [4.69, 9.17) is 9.05 Å². The summed E-state index contributed by atoms with van der Waals surface area (Å²) in [6.45, 7) is 4.69. The summed E-state index contributed by atoms with van der Waals surface area (Å²) in [5.41, 5.74) is 0. The van der Waals surface area contributed by atoms with Gasteiger partial charge in [0.1, 0.15) is 13.2 Å². The molecule has 468 valence electrons. The van der Waals surface area contributed by atoms with E-state index in [0.717, 1.165) is 128 Å². The number of rotatable bonds is 59. The number of carbonyl (C=O) groups is 1. The Labute approximate surface area is 506 Å². The van der Waals surface area contributed by atoms with Crippen LogP contribution >= 0.6 is 7.82 Å². The summed E-state index contributed by atoms with van der Waals surface area (Å²) in [4.78, 5) is 23.4. The van der Waals surface area contributed by atoms with E-state index in [1.807, 2.05) is 27.2 Å². The predicted octanol–water partition coefficient (Wildman–Crippen LogP) is 21.2. The molecule has 1 amide bonds. The Morgan fingerprint density at radius 2 is 0.732 bits per heavy atom. The number of unbranched alkanes of at least 4 members (excludes halogenated alkanes) is 24. The summed E-state index contributed by atoms with van der Waals surface area (Å²) in [5, 5.41) is 14.0. The van der Waals surface area contributed by atoms with Gasteiger partial charge >= 0.3 is 7.82 Å². The molecule has 9 heteroatoms. The number of aliphatic hydroxyl groups is 1. The molecular formula is C73H126N2O6P+. The third-order valence-electron chi connectivity index (χ3n) is 14.1. The van der Waals surface area contributed by atoms with Crippen molar-refractivity contribution in [2.75, 3.05) is 40.9 Å². The van der Waals surface area contributed by atoms with Crippen molar-refractivity contribution in [2.45, 2.75) is 270 Å². The van der Waals surface area contributed by atoms with Crippen LogP contribution in [0.3, 0.4) is 0 Å². The van der Waals surface area contributed by atoms with Crippen molar-refractivity contribution in [1.29, 1.82) is 0 Å². The van der Waals surface area contributed by atoms with E-state index in [0.29, 0.717) is 17.4 Å². The Hall–Kier alpha value is -3.62. The minimum Gasteiger partial charge on any atom is -0.387 e. The Morgan fingerprint density at radius 3 is 1.07 bits per heavy atom. The van der Waals surface area contributed by atoms with Crippen molar-refractivity contribution in [2.24, 2.45) is 0 Å². The van der Waals surface area contributed by atoms with Gasteiger partial charge in [-0.3, -0.25) is 13.8 Å². The van der Waals surface area contributed by atoms with Crippen LogP contribution in [-0.2, 0) is 18.4 Å². The highest BCUT2D eigenvalue weighted by molar-refractivity contribution is 7.47. The average molecular weight is 1160 g/mol. The minimum absolute atomic E-state index is 0.0502. The molecule has 0 aromatic rings. The van der Waals surface area contributed by atoms with Gasteiger partial charge in [0.25, 0.3) is 0 Å². The molecule has 0 fully saturated rings. The second-order valence-electron chi connectivity index (χ2n) is 23.1. The van der Waals surface area contributed by atoms with E-state index in [1.54, 1.807) is 6.08 Å². The summed E-state index contributed by atoms with van der Waals surface area (Å²) in [6, 6.07) is -0.869. The van der Waals surface area contributed by atoms with Crippen LogP contribution in [0.25, 0.3) is 0 Å². The number of quaternary nitrogens is 1. The summed E-state index contributed by atoms with van der Waals surface area (Å²) in [5.74, 6) is -0.200. The number of hydrogen-bond acceptors (Lipinski definition) is 5. The van der Waals surface area contributed by atoms with Gasteiger partial charge < -0.3 is 19.8 Å². The third-order valence-corrected chi connectivity index (χ3v) is 15.0. The highest BCUT2D eigenvalue weighted by Gasteiger charge is 2.27. The molecule has 0 radical (unpaired) electrons. The zero-order chi connectivity index (χ0) is 59.8. The molecule has 0 saturated heterocycles. The van der Waals surface area contributed by atoms with Crippen molar-refractivity contribution in [3.05, 3.63) is 146 Å². The largest absolute Gasteiger partial charge is 0.472 e. The first-order valence-electron chi connectivity index (χ1n) is 33.2. The van der Waals surface area contributed by atoms with Crippen LogP contribution in [0.5, 0.6) is 0 Å². The number of nitrogens with one attached hydrogen (secondary N) is 1. The van der Waals surface area contributed by atoms with Crippen molar-refractivity contribution in [3.8, 4) is 0 Å². The molecule has 3 N–H and O–H groups in total. The van der Waals surface area contributed by atoms with E-state index in [2.05, 4.69) is 153 Å². The number of phosphoric ester groups is 1. The van der Waals surface area contributed by atoms with Crippen LogP contribution < -0.4 is 5.32 Å². The van der Waals surface area contributed by atoms with E-state index in [9.17, 15) is 19.4 Å². The Balaban J connectivity index is 4.22.